The second-order valence-corrected chi connectivity index (χ2v) is 6.21. The summed E-state index contributed by atoms with van der Waals surface area (Å²) in [6.07, 6.45) is 5.18. The summed E-state index contributed by atoms with van der Waals surface area (Å²) in [5, 5.41) is 3.34. The Labute approximate surface area is 116 Å². The van der Waals surface area contributed by atoms with Crippen molar-refractivity contribution in [1.82, 2.24) is 0 Å². The Balaban J connectivity index is 1.92. The van der Waals surface area contributed by atoms with Gasteiger partial charge in [0.1, 0.15) is 5.82 Å². The predicted octanol–water partition coefficient (Wildman–Crippen LogP) is 4.41. The lowest BCUT2D eigenvalue weighted by Gasteiger charge is -2.26. The number of anilines is 2. The van der Waals surface area contributed by atoms with Gasteiger partial charge in [-0.2, -0.15) is 0 Å². The van der Waals surface area contributed by atoms with Crippen LogP contribution in [0.2, 0.25) is 0 Å². The van der Waals surface area contributed by atoms with Gasteiger partial charge in [0.05, 0.1) is 15.8 Å². The van der Waals surface area contributed by atoms with Gasteiger partial charge in [-0.25, -0.2) is 4.39 Å². The van der Waals surface area contributed by atoms with Crippen molar-refractivity contribution in [1.29, 1.82) is 0 Å². The van der Waals surface area contributed by atoms with Gasteiger partial charge in [-0.05, 0) is 46.7 Å². The van der Waals surface area contributed by atoms with E-state index in [1.54, 1.807) is 6.07 Å². The van der Waals surface area contributed by atoms with Crippen LogP contribution in [0.1, 0.15) is 32.6 Å². The van der Waals surface area contributed by atoms with Crippen LogP contribution in [0.15, 0.2) is 16.6 Å². The van der Waals surface area contributed by atoms with Gasteiger partial charge in [-0.15, -0.1) is 0 Å². The predicted molar refractivity (Wildman–Crippen MR) is 78.1 cm³/mol. The Morgan fingerprint density at radius 1 is 1.33 bits per heavy atom. The fourth-order valence-electron chi connectivity index (χ4n) is 2.50. The summed E-state index contributed by atoms with van der Waals surface area (Å²) in [5.41, 5.74) is 7.10. The van der Waals surface area contributed by atoms with Gasteiger partial charge < -0.3 is 11.1 Å². The standard InChI is InChI=1S/C14H20BrFN2/c1-9-2-4-10(5-3-9)8-18-14-6-11(15)12(16)7-13(14)17/h6-7,9-10,18H,2-5,8,17H2,1H3. The van der Waals surface area contributed by atoms with Crippen LogP contribution in [-0.2, 0) is 0 Å². The molecule has 0 aliphatic heterocycles. The molecule has 0 radical (unpaired) electrons. The first-order valence-corrected chi connectivity index (χ1v) is 7.34. The molecule has 0 bridgehead atoms. The van der Waals surface area contributed by atoms with E-state index in [-0.39, 0.29) is 5.82 Å². The molecule has 18 heavy (non-hydrogen) atoms. The highest BCUT2D eigenvalue weighted by molar-refractivity contribution is 9.10. The van der Waals surface area contributed by atoms with Crippen molar-refractivity contribution in [3.63, 3.8) is 0 Å². The number of nitrogens with two attached hydrogens (primary N) is 1. The maximum Gasteiger partial charge on any atom is 0.139 e. The average molecular weight is 315 g/mol. The summed E-state index contributed by atoms with van der Waals surface area (Å²) in [6, 6.07) is 3.07. The molecule has 1 aromatic rings. The second-order valence-electron chi connectivity index (χ2n) is 5.36. The SMILES string of the molecule is CC1CCC(CNc2cc(Br)c(F)cc2N)CC1. The van der Waals surface area contributed by atoms with E-state index in [4.69, 9.17) is 5.73 Å². The largest absolute Gasteiger partial charge is 0.397 e. The molecule has 0 amide bonds. The smallest absolute Gasteiger partial charge is 0.139 e. The highest BCUT2D eigenvalue weighted by atomic mass is 79.9. The Hall–Kier alpha value is -0.770. The zero-order chi connectivity index (χ0) is 13.1. The van der Waals surface area contributed by atoms with Crippen LogP contribution >= 0.6 is 15.9 Å². The van der Waals surface area contributed by atoms with Crippen LogP contribution < -0.4 is 11.1 Å². The topological polar surface area (TPSA) is 38.0 Å². The lowest BCUT2D eigenvalue weighted by molar-refractivity contribution is 0.300. The summed E-state index contributed by atoms with van der Waals surface area (Å²) >= 11 is 3.18. The molecule has 3 N–H and O–H groups in total. The first kappa shape index (κ1) is 13.7. The summed E-state index contributed by atoms with van der Waals surface area (Å²) < 4.78 is 13.7. The van der Waals surface area contributed by atoms with Crippen LogP contribution in [-0.4, -0.2) is 6.54 Å². The molecule has 100 valence electrons. The third-order valence-corrected chi connectivity index (χ3v) is 4.42. The monoisotopic (exact) mass is 314 g/mol. The maximum atomic E-state index is 13.2. The maximum absolute atomic E-state index is 13.2. The third-order valence-electron chi connectivity index (χ3n) is 3.81. The van der Waals surface area contributed by atoms with Crippen molar-refractivity contribution in [2.45, 2.75) is 32.6 Å². The minimum absolute atomic E-state index is 0.315. The molecule has 1 fully saturated rings. The molecule has 0 saturated heterocycles. The molecule has 4 heteroatoms. The molecule has 2 rings (SSSR count). The highest BCUT2D eigenvalue weighted by Crippen LogP contribution is 2.30. The molecule has 1 saturated carbocycles. The van der Waals surface area contributed by atoms with Crippen molar-refractivity contribution >= 4 is 27.3 Å². The first-order valence-electron chi connectivity index (χ1n) is 6.54. The number of nitrogens with one attached hydrogen (secondary N) is 1. The van der Waals surface area contributed by atoms with E-state index in [0.717, 1.165) is 18.2 Å². The summed E-state index contributed by atoms with van der Waals surface area (Å²) in [7, 11) is 0. The van der Waals surface area contributed by atoms with Crippen molar-refractivity contribution in [2.75, 3.05) is 17.6 Å². The average Bonchev–Trinajstić information content (AvgIpc) is 2.34. The van der Waals surface area contributed by atoms with Crippen LogP contribution in [0.5, 0.6) is 0 Å². The Morgan fingerprint density at radius 2 is 2.00 bits per heavy atom. The van der Waals surface area contributed by atoms with E-state index in [2.05, 4.69) is 28.2 Å². The zero-order valence-corrected chi connectivity index (χ0v) is 12.3. The van der Waals surface area contributed by atoms with E-state index in [0.29, 0.717) is 16.1 Å². The molecule has 2 nitrogen and oxygen atoms in total. The van der Waals surface area contributed by atoms with E-state index >= 15 is 0 Å². The van der Waals surface area contributed by atoms with Crippen LogP contribution in [0.25, 0.3) is 0 Å². The normalized spacial score (nSPS) is 23.9. The third kappa shape index (κ3) is 3.37. The Bertz CT molecular complexity index is 415. The molecule has 1 aliphatic rings. The van der Waals surface area contributed by atoms with Gasteiger partial charge in [0.25, 0.3) is 0 Å². The molecule has 1 aromatic carbocycles. The first-order chi connectivity index (χ1) is 8.56. The molecular weight excluding hydrogens is 295 g/mol. The van der Waals surface area contributed by atoms with Crippen LogP contribution in [0.3, 0.4) is 0 Å². The molecule has 1 aliphatic carbocycles. The molecule has 0 spiro atoms. The molecule has 0 atom stereocenters. The highest BCUT2D eigenvalue weighted by Gasteiger charge is 2.18. The lowest BCUT2D eigenvalue weighted by atomic mass is 9.83. The van der Waals surface area contributed by atoms with E-state index < -0.39 is 0 Å². The van der Waals surface area contributed by atoms with E-state index in [1.165, 1.54) is 31.7 Å². The second kappa shape index (κ2) is 5.91. The van der Waals surface area contributed by atoms with Gasteiger partial charge >= 0.3 is 0 Å². The summed E-state index contributed by atoms with van der Waals surface area (Å²) in [4.78, 5) is 0. The summed E-state index contributed by atoms with van der Waals surface area (Å²) in [5.74, 6) is 1.26. The van der Waals surface area contributed by atoms with Crippen molar-refractivity contribution < 1.29 is 4.39 Å². The minimum Gasteiger partial charge on any atom is -0.397 e. The van der Waals surface area contributed by atoms with Crippen molar-refractivity contribution in [3.8, 4) is 0 Å². The molecule has 0 aromatic heterocycles. The number of halogens is 2. The van der Waals surface area contributed by atoms with Gasteiger partial charge in [0, 0.05) is 12.6 Å². The van der Waals surface area contributed by atoms with Gasteiger partial charge in [-0.1, -0.05) is 19.8 Å². The molecular formula is C14H20BrFN2. The number of nitrogen functional groups attached to an aromatic ring is 1. The van der Waals surface area contributed by atoms with Gasteiger partial charge in [0.15, 0.2) is 0 Å². The zero-order valence-electron chi connectivity index (χ0n) is 10.7. The lowest BCUT2D eigenvalue weighted by Crippen LogP contribution is -2.20. The van der Waals surface area contributed by atoms with E-state index in [9.17, 15) is 4.39 Å². The number of hydrogen-bond acceptors (Lipinski definition) is 2. The number of rotatable bonds is 3. The molecule has 0 heterocycles. The van der Waals surface area contributed by atoms with E-state index in [1.807, 2.05) is 0 Å². The van der Waals surface area contributed by atoms with Gasteiger partial charge in [0.2, 0.25) is 0 Å². The van der Waals surface area contributed by atoms with Crippen LogP contribution in [0, 0.1) is 17.7 Å². The summed E-state index contributed by atoms with van der Waals surface area (Å²) in [6.45, 7) is 3.24. The fraction of sp³-hybridized carbons (Fsp3) is 0.571. The minimum atomic E-state index is -0.315. The van der Waals surface area contributed by atoms with Crippen molar-refractivity contribution in [3.05, 3.63) is 22.4 Å². The quantitative estimate of drug-likeness (QED) is 0.811. The number of benzene rings is 1. The molecule has 0 unspecified atom stereocenters. The van der Waals surface area contributed by atoms with Gasteiger partial charge in [-0.3, -0.25) is 0 Å². The number of hydrogen-bond donors (Lipinski definition) is 2. The Morgan fingerprint density at radius 3 is 2.67 bits per heavy atom. The van der Waals surface area contributed by atoms with Crippen molar-refractivity contribution in [2.24, 2.45) is 11.8 Å². The van der Waals surface area contributed by atoms with Crippen LogP contribution in [0.4, 0.5) is 15.8 Å². The fourth-order valence-corrected chi connectivity index (χ4v) is 2.85. The Kier molecular flexibility index (Phi) is 4.49.